The topological polar surface area (TPSA) is 57.7 Å². The minimum atomic E-state index is -3.69. The van der Waals surface area contributed by atoms with E-state index in [1.165, 1.54) is 23.5 Å². The zero-order chi connectivity index (χ0) is 21.7. The highest BCUT2D eigenvalue weighted by molar-refractivity contribution is 7.92. The minimum Gasteiger partial charge on any atom is -0.341 e. The number of carbonyl (C=O) groups excluding carboxylic acids is 1. The van der Waals surface area contributed by atoms with Gasteiger partial charge in [0.05, 0.1) is 17.0 Å². The van der Waals surface area contributed by atoms with Gasteiger partial charge >= 0.3 is 0 Å². The summed E-state index contributed by atoms with van der Waals surface area (Å²) in [7, 11) is -0.421. The quantitative estimate of drug-likeness (QED) is 0.546. The molecule has 1 amide bonds. The van der Waals surface area contributed by atoms with Crippen molar-refractivity contribution in [3.63, 3.8) is 0 Å². The monoisotopic (exact) mass is 442 g/mol. The lowest BCUT2D eigenvalue weighted by atomic mass is 10.1. The molecule has 0 aromatic heterocycles. The third-order valence-corrected chi connectivity index (χ3v) is 6.87. The van der Waals surface area contributed by atoms with Crippen LogP contribution in [0.1, 0.15) is 11.1 Å². The van der Waals surface area contributed by atoms with E-state index in [-0.39, 0.29) is 17.2 Å². The molecule has 30 heavy (non-hydrogen) atoms. The second-order valence-electron chi connectivity index (χ2n) is 7.01. The Hall–Kier alpha value is -2.83. The molecular weight excluding hydrogens is 420 g/mol. The molecule has 3 rings (SSSR count). The van der Waals surface area contributed by atoms with Gasteiger partial charge in [0.1, 0.15) is 0 Å². The van der Waals surface area contributed by atoms with Crippen LogP contribution in [-0.4, -0.2) is 33.3 Å². The molecule has 0 atom stereocenters. The van der Waals surface area contributed by atoms with Crippen LogP contribution in [0, 0.1) is 0 Å². The molecule has 0 unspecified atom stereocenters. The molecule has 5 nitrogen and oxygen atoms in total. The predicted molar refractivity (Wildman–Crippen MR) is 120 cm³/mol. The predicted octanol–water partition coefficient (Wildman–Crippen LogP) is 4.37. The van der Waals surface area contributed by atoms with Gasteiger partial charge in [0, 0.05) is 25.7 Å². The number of benzene rings is 3. The Morgan fingerprint density at radius 2 is 1.43 bits per heavy atom. The first-order chi connectivity index (χ1) is 14.3. The van der Waals surface area contributed by atoms with E-state index in [0.717, 1.165) is 11.1 Å². The van der Waals surface area contributed by atoms with Crippen molar-refractivity contribution >= 4 is 33.2 Å². The summed E-state index contributed by atoms with van der Waals surface area (Å²) in [6, 6.07) is 22.8. The maximum atomic E-state index is 12.8. The number of halogens is 1. The van der Waals surface area contributed by atoms with Crippen LogP contribution in [0.15, 0.2) is 83.8 Å². The minimum absolute atomic E-state index is 0.00579. The second kappa shape index (κ2) is 9.32. The molecule has 0 fully saturated rings. The molecule has 0 aliphatic carbocycles. The molecule has 0 saturated carbocycles. The Morgan fingerprint density at radius 3 is 2.03 bits per heavy atom. The van der Waals surface area contributed by atoms with Gasteiger partial charge in [-0.2, -0.15) is 0 Å². The van der Waals surface area contributed by atoms with Crippen LogP contribution < -0.4 is 4.31 Å². The smallest absolute Gasteiger partial charge is 0.264 e. The molecule has 3 aromatic carbocycles. The zero-order valence-corrected chi connectivity index (χ0v) is 18.4. The summed E-state index contributed by atoms with van der Waals surface area (Å²) >= 11 is 5.85. The number of likely N-dealkylation sites (N-methyl/N-ethyl adjacent to an activating group) is 1. The zero-order valence-electron chi connectivity index (χ0n) is 16.8. The van der Waals surface area contributed by atoms with Gasteiger partial charge in [-0.3, -0.25) is 9.10 Å². The molecule has 0 bridgehead atoms. The fourth-order valence-electron chi connectivity index (χ4n) is 2.98. The van der Waals surface area contributed by atoms with Crippen LogP contribution in [0.5, 0.6) is 0 Å². The lowest BCUT2D eigenvalue weighted by Crippen LogP contribution is -2.28. The summed E-state index contributed by atoms with van der Waals surface area (Å²) in [6.45, 7) is 0.541. The standard InChI is InChI=1S/C23H23ClN2O3S/c1-25(17-19-6-4-3-5-7-19)23(27)16-18-8-12-21(13-9-18)26(2)30(28,29)22-14-10-20(24)11-15-22/h3-15H,16-17H2,1-2H3. The first-order valence-corrected chi connectivity index (χ1v) is 11.2. The van der Waals surface area contributed by atoms with Crippen molar-refractivity contribution in [2.24, 2.45) is 0 Å². The maximum absolute atomic E-state index is 12.8. The number of hydrogen-bond donors (Lipinski definition) is 0. The largest absolute Gasteiger partial charge is 0.341 e. The van der Waals surface area contributed by atoms with E-state index in [1.54, 1.807) is 48.3 Å². The van der Waals surface area contributed by atoms with E-state index >= 15 is 0 Å². The molecule has 0 saturated heterocycles. The van der Waals surface area contributed by atoms with Crippen LogP contribution >= 0.6 is 11.6 Å². The molecule has 3 aromatic rings. The number of amides is 1. The van der Waals surface area contributed by atoms with Crippen molar-refractivity contribution < 1.29 is 13.2 Å². The number of rotatable bonds is 7. The van der Waals surface area contributed by atoms with Gasteiger partial charge in [0.15, 0.2) is 0 Å². The van der Waals surface area contributed by atoms with E-state index in [0.29, 0.717) is 17.3 Å². The van der Waals surface area contributed by atoms with Crippen LogP contribution in [0.4, 0.5) is 5.69 Å². The third-order valence-electron chi connectivity index (χ3n) is 4.82. The molecule has 7 heteroatoms. The summed E-state index contributed by atoms with van der Waals surface area (Å²) in [5.74, 6) is -0.00579. The van der Waals surface area contributed by atoms with Crippen LogP contribution in [-0.2, 0) is 27.8 Å². The molecule has 0 heterocycles. The molecule has 0 aliphatic heterocycles. The molecule has 156 valence electrons. The molecule has 0 aliphatic rings. The van der Waals surface area contributed by atoms with E-state index < -0.39 is 10.0 Å². The summed E-state index contributed by atoms with van der Waals surface area (Å²) in [5.41, 5.74) is 2.40. The first-order valence-electron chi connectivity index (χ1n) is 9.39. The van der Waals surface area contributed by atoms with Gasteiger partial charge in [-0.15, -0.1) is 0 Å². The highest BCUT2D eigenvalue weighted by Gasteiger charge is 2.21. The summed E-state index contributed by atoms with van der Waals surface area (Å²) < 4.78 is 26.8. The van der Waals surface area contributed by atoms with Crippen LogP contribution in [0.3, 0.4) is 0 Å². The van der Waals surface area contributed by atoms with E-state index in [2.05, 4.69) is 0 Å². The van der Waals surface area contributed by atoms with Gasteiger partial charge < -0.3 is 4.90 Å². The van der Waals surface area contributed by atoms with Crippen molar-refractivity contribution in [1.29, 1.82) is 0 Å². The Balaban J connectivity index is 1.66. The highest BCUT2D eigenvalue weighted by Crippen LogP contribution is 2.23. The Labute approximate surface area is 182 Å². The summed E-state index contributed by atoms with van der Waals surface area (Å²) in [6.07, 6.45) is 0.247. The molecule has 0 radical (unpaired) electrons. The SMILES string of the molecule is CN(Cc1ccccc1)C(=O)Cc1ccc(N(C)S(=O)(=O)c2ccc(Cl)cc2)cc1. The number of carbonyl (C=O) groups is 1. The Kier molecular flexibility index (Phi) is 6.80. The fourth-order valence-corrected chi connectivity index (χ4v) is 4.30. The van der Waals surface area contributed by atoms with Gasteiger partial charge in [-0.1, -0.05) is 54.1 Å². The average molecular weight is 443 g/mol. The van der Waals surface area contributed by atoms with Gasteiger partial charge in [-0.25, -0.2) is 8.42 Å². The molecule has 0 spiro atoms. The maximum Gasteiger partial charge on any atom is 0.264 e. The van der Waals surface area contributed by atoms with Gasteiger partial charge in [0.2, 0.25) is 5.91 Å². The van der Waals surface area contributed by atoms with Crippen molar-refractivity contribution in [2.75, 3.05) is 18.4 Å². The van der Waals surface area contributed by atoms with Crippen molar-refractivity contribution in [2.45, 2.75) is 17.9 Å². The Morgan fingerprint density at radius 1 is 0.833 bits per heavy atom. The van der Waals surface area contributed by atoms with Gasteiger partial charge in [0.25, 0.3) is 10.0 Å². The van der Waals surface area contributed by atoms with Crippen LogP contribution in [0.2, 0.25) is 5.02 Å². The lowest BCUT2D eigenvalue weighted by Gasteiger charge is -2.20. The summed E-state index contributed by atoms with van der Waals surface area (Å²) in [5, 5.41) is 0.475. The number of nitrogens with zero attached hydrogens (tertiary/aromatic N) is 2. The molecule has 0 N–H and O–H groups in total. The third kappa shape index (κ3) is 5.20. The number of hydrogen-bond acceptors (Lipinski definition) is 3. The van der Waals surface area contributed by atoms with Crippen molar-refractivity contribution in [3.8, 4) is 0 Å². The van der Waals surface area contributed by atoms with Gasteiger partial charge in [-0.05, 0) is 47.5 Å². The average Bonchev–Trinajstić information content (AvgIpc) is 2.74. The van der Waals surface area contributed by atoms with E-state index in [4.69, 9.17) is 11.6 Å². The fraction of sp³-hybridized carbons (Fsp3) is 0.174. The van der Waals surface area contributed by atoms with Crippen molar-refractivity contribution in [3.05, 3.63) is 95.0 Å². The number of anilines is 1. The van der Waals surface area contributed by atoms with E-state index in [9.17, 15) is 13.2 Å². The lowest BCUT2D eigenvalue weighted by molar-refractivity contribution is -0.129. The normalized spacial score (nSPS) is 11.2. The highest BCUT2D eigenvalue weighted by atomic mass is 35.5. The van der Waals surface area contributed by atoms with Crippen LogP contribution in [0.25, 0.3) is 0 Å². The van der Waals surface area contributed by atoms with Crippen molar-refractivity contribution in [1.82, 2.24) is 4.90 Å². The summed E-state index contributed by atoms with van der Waals surface area (Å²) in [4.78, 5) is 14.4. The van der Waals surface area contributed by atoms with E-state index in [1.807, 2.05) is 30.3 Å². The first kappa shape index (κ1) is 21.9. The molecular formula is C23H23ClN2O3S. The Bertz CT molecular complexity index is 1100. The second-order valence-corrected chi connectivity index (χ2v) is 9.41. The number of sulfonamides is 1.